The Kier molecular flexibility index (Phi) is 3.41. The minimum Gasteiger partial charge on any atom is -0.493 e. The van der Waals surface area contributed by atoms with Gasteiger partial charge in [-0.25, -0.2) is 9.78 Å². The first kappa shape index (κ1) is 12.9. The smallest absolute Gasteiger partial charge is 0.358 e. The molecule has 100 valence electrons. The standard InChI is InChI=1S/C13H13NO5/c1-7-10(13(15)16)14-12(19-7)8-5-4-6-9(17-2)11(8)18-3/h4-6H,1-3H3,(H,15,16). The summed E-state index contributed by atoms with van der Waals surface area (Å²) in [5.74, 6) is 0.267. The van der Waals surface area contributed by atoms with E-state index in [0.717, 1.165) is 0 Å². The Morgan fingerprint density at radius 2 is 2.05 bits per heavy atom. The van der Waals surface area contributed by atoms with Crippen molar-refractivity contribution in [3.63, 3.8) is 0 Å². The van der Waals surface area contributed by atoms with Gasteiger partial charge >= 0.3 is 5.97 Å². The Morgan fingerprint density at radius 3 is 2.58 bits per heavy atom. The molecule has 0 aliphatic carbocycles. The van der Waals surface area contributed by atoms with Crippen LogP contribution in [0.25, 0.3) is 11.5 Å². The summed E-state index contributed by atoms with van der Waals surface area (Å²) in [5, 5.41) is 8.97. The second-order valence-electron chi connectivity index (χ2n) is 3.77. The average molecular weight is 263 g/mol. The summed E-state index contributed by atoms with van der Waals surface area (Å²) in [4.78, 5) is 14.9. The summed E-state index contributed by atoms with van der Waals surface area (Å²) in [6, 6.07) is 5.20. The monoisotopic (exact) mass is 263 g/mol. The number of carbonyl (C=O) groups is 1. The molecule has 19 heavy (non-hydrogen) atoms. The van der Waals surface area contributed by atoms with Gasteiger partial charge in [-0.3, -0.25) is 0 Å². The number of aromatic nitrogens is 1. The Labute approximate surface area is 109 Å². The molecule has 2 rings (SSSR count). The molecule has 0 fully saturated rings. The molecule has 0 atom stereocenters. The third-order valence-corrected chi connectivity index (χ3v) is 2.63. The number of nitrogens with zero attached hydrogens (tertiary/aromatic N) is 1. The van der Waals surface area contributed by atoms with Crippen LogP contribution in [0.5, 0.6) is 11.5 Å². The van der Waals surface area contributed by atoms with Crippen LogP contribution in [0.1, 0.15) is 16.2 Å². The number of benzene rings is 1. The molecule has 6 heteroatoms. The molecule has 0 saturated heterocycles. The molecule has 2 aromatic rings. The first-order valence-electron chi connectivity index (χ1n) is 5.50. The van der Waals surface area contributed by atoms with Gasteiger partial charge < -0.3 is 19.0 Å². The van der Waals surface area contributed by atoms with Gasteiger partial charge in [-0.15, -0.1) is 0 Å². The Balaban J connectivity index is 2.59. The minimum atomic E-state index is -1.13. The topological polar surface area (TPSA) is 81.8 Å². The summed E-state index contributed by atoms with van der Waals surface area (Å²) in [5.41, 5.74) is 0.428. The van der Waals surface area contributed by atoms with Crippen molar-refractivity contribution in [2.75, 3.05) is 14.2 Å². The van der Waals surface area contributed by atoms with E-state index in [2.05, 4.69) is 4.98 Å². The third kappa shape index (κ3) is 2.24. The fourth-order valence-corrected chi connectivity index (χ4v) is 1.77. The van der Waals surface area contributed by atoms with E-state index in [1.807, 2.05) is 0 Å². The van der Waals surface area contributed by atoms with E-state index in [-0.39, 0.29) is 17.3 Å². The van der Waals surface area contributed by atoms with Crippen LogP contribution in [0.2, 0.25) is 0 Å². The van der Waals surface area contributed by atoms with E-state index >= 15 is 0 Å². The zero-order chi connectivity index (χ0) is 14.0. The molecule has 6 nitrogen and oxygen atoms in total. The Hall–Kier alpha value is -2.50. The number of oxazole rings is 1. The minimum absolute atomic E-state index is 0.111. The third-order valence-electron chi connectivity index (χ3n) is 2.63. The highest BCUT2D eigenvalue weighted by Crippen LogP contribution is 2.37. The van der Waals surface area contributed by atoms with Crippen molar-refractivity contribution in [2.24, 2.45) is 0 Å². The second-order valence-corrected chi connectivity index (χ2v) is 3.77. The first-order valence-corrected chi connectivity index (χ1v) is 5.50. The number of carboxylic acid groups (broad SMARTS) is 1. The van der Waals surface area contributed by atoms with Crippen LogP contribution >= 0.6 is 0 Å². The second kappa shape index (κ2) is 5.01. The molecule has 1 aromatic carbocycles. The molecule has 0 aliphatic rings. The molecular formula is C13H13NO5. The maximum absolute atomic E-state index is 11.0. The predicted octanol–water partition coefficient (Wildman–Crippen LogP) is 2.37. The predicted molar refractivity (Wildman–Crippen MR) is 66.7 cm³/mol. The van der Waals surface area contributed by atoms with Crippen molar-refractivity contribution >= 4 is 5.97 Å². The molecule has 1 aromatic heterocycles. The largest absolute Gasteiger partial charge is 0.493 e. The van der Waals surface area contributed by atoms with Gasteiger partial charge in [0.2, 0.25) is 5.89 Å². The van der Waals surface area contributed by atoms with Gasteiger partial charge in [-0.05, 0) is 19.1 Å². The fourth-order valence-electron chi connectivity index (χ4n) is 1.77. The summed E-state index contributed by atoms with van der Waals surface area (Å²) in [7, 11) is 3.01. The van der Waals surface area contributed by atoms with E-state index in [0.29, 0.717) is 17.1 Å². The number of ether oxygens (including phenoxy) is 2. The molecule has 0 radical (unpaired) electrons. The van der Waals surface area contributed by atoms with Gasteiger partial charge in [-0.1, -0.05) is 6.07 Å². The highest BCUT2D eigenvalue weighted by Gasteiger charge is 2.20. The quantitative estimate of drug-likeness (QED) is 0.911. The molecular weight excluding hydrogens is 250 g/mol. The van der Waals surface area contributed by atoms with Crippen molar-refractivity contribution < 1.29 is 23.8 Å². The molecule has 0 amide bonds. The maximum atomic E-state index is 11.0. The van der Waals surface area contributed by atoms with E-state index in [1.165, 1.54) is 14.2 Å². The normalized spacial score (nSPS) is 10.3. The van der Waals surface area contributed by atoms with E-state index in [9.17, 15) is 4.79 Å². The highest BCUT2D eigenvalue weighted by molar-refractivity contribution is 5.87. The number of rotatable bonds is 4. The number of carboxylic acids is 1. The van der Waals surface area contributed by atoms with Crippen LogP contribution in [0.4, 0.5) is 0 Å². The molecule has 1 heterocycles. The molecule has 1 N–H and O–H groups in total. The number of methoxy groups -OCH3 is 2. The first-order chi connectivity index (χ1) is 9.08. The van der Waals surface area contributed by atoms with Crippen LogP contribution in [0.3, 0.4) is 0 Å². The molecule has 0 aliphatic heterocycles. The van der Waals surface area contributed by atoms with Gasteiger partial charge in [0.15, 0.2) is 17.2 Å². The van der Waals surface area contributed by atoms with Crippen molar-refractivity contribution in [3.8, 4) is 23.0 Å². The zero-order valence-corrected chi connectivity index (χ0v) is 10.8. The zero-order valence-electron chi connectivity index (χ0n) is 10.8. The lowest BCUT2D eigenvalue weighted by molar-refractivity contribution is 0.0689. The number of hydrogen-bond acceptors (Lipinski definition) is 5. The van der Waals surface area contributed by atoms with Gasteiger partial charge in [0.05, 0.1) is 19.8 Å². The van der Waals surface area contributed by atoms with Crippen LogP contribution in [-0.4, -0.2) is 30.3 Å². The van der Waals surface area contributed by atoms with Gasteiger partial charge in [0, 0.05) is 0 Å². The van der Waals surface area contributed by atoms with Crippen LogP contribution in [0, 0.1) is 6.92 Å². The molecule has 0 saturated carbocycles. The Morgan fingerprint density at radius 1 is 1.32 bits per heavy atom. The van der Waals surface area contributed by atoms with E-state index in [4.69, 9.17) is 19.0 Å². The van der Waals surface area contributed by atoms with Gasteiger partial charge in [-0.2, -0.15) is 0 Å². The highest BCUT2D eigenvalue weighted by atomic mass is 16.5. The van der Waals surface area contributed by atoms with Crippen LogP contribution in [0.15, 0.2) is 22.6 Å². The number of para-hydroxylation sites is 1. The maximum Gasteiger partial charge on any atom is 0.358 e. The van der Waals surface area contributed by atoms with E-state index < -0.39 is 5.97 Å². The van der Waals surface area contributed by atoms with Gasteiger partial charge in [0.25, 0.3) is 0 Å². The summed E-state index contributed by atoms with van der Waals surface area (Å²) in [6.45, 7) is 1.55. The molecule has 0 spiro atoms. The number of aromatic carboxylic acids is 1. The lowest BCUT2D eigenvalue weighted by Crippen LogP contribution is -1.98. The van der Waals surface area contributed by atoms with Crippen molar-refractivity contribution in [2.45, 2.75) is 6.92 Å². The lowest BCUT2D eigenvalue weighted by Gasteiger charge is -2.09. The van der Waals surface area contributed by atoms with Crippen molar-refractivity contribution in [1.82, 2.24) is 4.98 Å². The molecule has 0 unspecified atom stereocenters. The van der Waals surface area contributed by atoms with Crippen molar-refractivity contribution in [1.29, 1.82) is 0 Å². The fraction of sp³-hybridized carbons (Fsp3) is 0.231. The number of hydrogen-bond donors (Lipinski definition) is 1. The number of aryl methyl sites for hydroxylation is 1. The lowest BCUT2D eigenvalue weighted by atomic mass is 10.2. The van der Waals surface area contributed by atoms with Crippen LogP contribution < -0.4 is 9.47 Å². The van der Waals surface area contributed by atoms with E-state index in [1.54, 1.807) is 25.1 Å². The SMILES string of the molecule is COc1cccc(-c2nc(C(=O)O)c(C)o2)c1OC. The summed E-state index contributed by atoms with van der Waals surface area (Å²) < 4.78 is 15.8. The van der Waals surface area contributed by atoms with Crippen molar-refractivity contribution in [3.05, 3.63) is 29.7 Å². The molecule has 0 bridgehead atoms. The summed E-state index contributed by atoms with van der Waals surface area (Å²) in [6.07, 6.45) is 0. The summed E-state index contributed by atoms with van der Waals surface area (Å²) >= 11 is 0. The Bertz CT molecular complexity index is 617. The average Bonchev–Trinajstić information content (AvgIpc) is 2.79. The van der Waals surface area contributed by atoms with Crippen LogP contribution in [-0.2, 0) is 0 Å². The van der Waals surface area contributed by atoms with Gasteiger partial charge in [0.1, 0.15) is 5.76 Å².